The molecule has 126 valence electrons. The van der Waals surface area contributed by atoms with Crippen molar-refractivity contribution in [2.75, 3.05) is 26.2 Å². The molecule has 2 rings (SSSR count). The minimum absolute atomic E-state index is 0.0612. The summed E-state index contributed by atoms with van der Waals surface area (Å²) in [6.07, 6.45) is 1.38. The quantitative estimate of drug-likeness (QED) is 0.926. The molecule has 0 bridgehead atoms. The highest BCUT2D eigenvalue weighted by Crippen LogP contribution is 2.16. The molecule has 0 radical (unpaired) electrons. The number of halogens is 1. The van der Waals surface area contributed by atoms with Crippen LogP contribution in [0.2, 0.25) is 0 Å². The molecule has 23 heavy (non-hydrogen) atoms. The highest BCUT2D eigenvalue weighted by molar-refractivity contribution is 5.94. The summed E-state index contributed by atoms with van der Waals surface area (Å²) in [4.78, 5) is 27.8. The average molecular weight is 321 g/mol. The van der Waals surface area contributed by atoms with Crippen molar-refractivity contribution in [1.29, 1.82) is 0 Å². The first-order chi connectivity index (χ1) is 11.1. The predicted octanol–water partition coefficient (Wildman–Crippen LogP) is 2.48. The number of carbonyl (C=O) groups excluding carboxylic acids is 2. The maximum absolute atomic E-state index is 13.7. The van der Waals surface area contributed by atoms with Gasteiger partial charge in [-0.05, 0) is 38.8 Å². The maximum Gasteiger partial charge on any atom is 0.317 e. The van der Waals surface area contributed by atoms with Crippen LogP contribution >= 0.6 is 0 Å². The Morgan fingerprint density at radius 3 is 2.39 bits per heavy atom. The first-order valence-corrected chi connectivity index (χ1v) is 8.16. The van der Waals surface area contributed by atoms with Gasteiger partial charge in [-0.2, -0.15) is 0 Å². The summed E-state index contributed by atoms with van der Waals surface area (Å²) in [5.74, 6) is -0.772. The molecule has 0 spiro atoms. The van der Waals surface area contributed by atoms with Crippen molar-refractivity contribution in [2.24, 2.45) is 0 Å². The van der Waals surface area contributed by atoms with Crippen LogP contribution in [0.15, 0.2) is 24.3 Å². The highest BCUT2D eigenvalue weighted by atomic mass is 19.1. The van der Waals surface area contributed by atoms with Crippen LogP contribution in [0.4, 0.5) is 9.18 Å². The van der Waals surface area contributed by atoms with Crippen LogP contribution in [0, 0.1) is 5.82 Å². The molecule has 1 aromatic rings. The van der Waals surface area contributed by atoms with Crippen LogP contribution < -0.4 is 5.32 Å². The number of benzene rings is 1. The van der Waals surface area contributed by atoms with Gasteiger partial charge in [0, 0.05) is 32.2 Å². The molecule has 3 amide bonds. The van der Waals surface area contributed by atoms with Gasteiger partial charge in [0.1, 0.15) is 5.82 Å². The highest BCUT2D eigenvalue weighted by Gasteiger charge is 2.26. The molecular weight excluding hydrogens is 297 g/mol. The van der Waals surface area contributed by atoms with Crippen LogP contribution in [0.5, 0.6) is 0 Å². The van der Waals surface area contributed by atoms with Gasteiger partial charge in [-0.1, -0.05) is 12.1 Å². The van der Waals surface area contributed by atoms with E-state index in [0.717, 1.165) is 0 Å². The first kappa shape index (κ1) is 17.2. The van der Waals surface area contributed by atoms with Gasteiger partial charge in [-0.15, -0.1) is 0 Å². The Hall–Kier alpha value is -2.11. The number of urea groups is 1. The van der Waals surface area contributed by atoms with E-state index in [1.54, 1.807) is 21.9 Å². The number of rotatable bonds is 4. The number of hydrogen-bond donors (Lipinski definition) is 1. The average Bonchev–Trinajstić information content (AvgIpc) is 2.56. The van der Waals surface area contributed by atoms with E-state index in [2.05, 4.69) is 5.32 Å². The third-order valence-corrected chi connectivity index (χ3v) is 4.26. The van der Waals surface area contributed by atoms with Crippen LogP contribution in [-0.4, -0.2) is 54.0 Å². The molecule has 0 aliphatic carbocycles. The Labute approximate surface area is 136 Å². The van der Waals surface area contributed by atoms with Crippen molar-refractivity contribution in [2.45, 2.75) is 32.7 Å². The second kappa shape index (κ2) is 7.94. The SMILES string of the molecule is CCN(CC)C(=O)NC1CCN(C(=O)c2ccccc2F)CC1. The third-order valence-electron chi connectivity index (χ3n) is 4.26. The zero-order chi connectivity index (χ0) is 16.8. The fraction of sp³-hybridized carbons (Fsp3) is 0.529. The van der Waals surface area contributed by atoms with E-state index in [9.17, 15) is 14.0 Å². The van der Waals surface area contributed by atoms with Gasteiger partial charge in [-0.3, -0.25) is 4.79 Å². The summed E-state index contributed by atoms with van der Waals surface area (Å²) < 4.78 is 13.7. The van der Waals surface area contributed by atoms with E-state index in [-0.39, 0.29) is 23.5 Å². The molecule has 1 fully saturated rings. The van der Waals surface area contributed by atoms with Gasteiger partial charge in [0.05, 0.1) is 5.56 Å². The van der Waals surface area contributed by atoms with Gasteiger partial charge in [-0.25, -0.2) is 9.18 Å². The minimum atomic E-state index is -0.491. The van der Waals surface area contributed by atoms with E-state index >= 15 is 0 Å². The molecule has 0 atom stereocenters. The number of nitrogens with zero attached hydrogens (tertiary/aromatic N) is 2. The van der Waals surface area contributed by atoms with Crippen LogP contribution in [-0.2, 0) is 0 Å². The molecule has 0 aromatic heterocycles. The van der Waals surface area contributed by atoms with Crippen molar-refractivity contribution < 1.29 is 14.0 Å². The summed E-state index contributed by atoms with van der Waals surface area (Å²) in [6.45, 7) is 6.28. The fourth-order valence-corrected chi connectivity index (χ4v) is 2.81. The zero-order valence-corrected chi connectivity index (χ0v) is 13.7. The first-order valence-electron chi connectivity index (χ1n) is 8.16. The Balaban J connectivity index is 1.88. The minimum Gasteiger partial charge on any atom is -0.338 e. The molecule has 1 heterocycles. The van der Waals surface area contributed by atoms with Crippen molar-refractivity contribution in [1.82, 2.24) is 15.1 Å². The molecule has 1 aliphatic heterocycles. The van der Waals surface area contributed by atoms with Gasteiger partial charge in [0.15, 0.2) is 0 Å². The summed E-state index contributed by atoms with van der Waals surface area (Å²) in [6, 6.07) is 6.03. The Morgan fingerprint density at radius 2 is 1.83 bits per heavy atom. The molecule has 6 heteroatoms. The second-order valence-corrected chi connectivity index (χ2v) is 5.67. The van der Waals surface area contributed by atoms with E-state index in [4.69, 9.17) is 0 Å². The van der Waals surface area contributed by atoms with E-state index < -0.39 is 5.82 Å². The number of nitrogens with one attached hydrogen (secondary N) is 1. The smallest absolute Gasteiger partial charge is 0.317 e. The van der Waals surface area contributed by atoms with Crippen molar-refractivity contribution in [3.63, 3.8) is 0 Å². The Morgan fingerprint density at radius 1 is 1.22 bits per heavy atom. The summed E-state index contributed by atoms with van der Waals surface area (Å²) in [7, 11) is 0. The van der Waals surface area contributed by atoms with Crippen molar-refractivity contribution in [3.8, 4) is 0 Å². The molecule has 0 saturated carbocycles. The van der Waals surface area contributed by atoms with E-state index in [1.165, 1.54) is 12.1 Å². The summed E-state index contributed by atoms with van der Waals surface area (Å²) >= 11 is 0. The second-order valence-electron chi connectivity index (χ2n) is 5.67. The lowest BCUT2D eigenvalue weighted by molar-refractivity contribution is 0.0702. The summed E-state index contributed by atoms with van der Waals surface area (Å²) in [5, 5.41) is 3.01. The topological polar surface area (TPSA) is 52.7 Å². The lowest BCUT2D eigenvalue weighted by atomic mass is 10.0. The normalized spacial score (nSPS) is 15.3. The van der Waals surface area contributed by atoms with E-state index in [0.29, 0.717) is 39.0 Å². The number of amides is 3. The number of piperidine rings is 1. The van der Waals surface area contributed by atoms with Gasteiger partial charge in [0.2, 0.25) is 0 Å². The number of likely N-dealkylation sites (tertiary alicyclic amines) is 1. The molecule has 5 nitrogen and oxygen atoms in total. The Kier molecular flexibility index (Phi) is 5.96. The van der Waals surface area contributed by atoms with Gasteiger partial charge < -0.3 is 15.1 Å². The van der Waals surface area contributed by atoms with Crippen LogP contribution in [0.25, 0.3) is 0 Å². The molecule has 1 saturated heterocycles. The number of carbonyl (C=O) groups is 2. The summed E-state index contributed by atoms with van der Waals surface area (Å²) in [5.41, 5.74) is 0.109. The molecule has 1 aliphatic rings. The monoisotopic (exact) mass is 321 g/mol. The number of hydrogen-bond acceptors (Lipinski definition) is 2. The van der Waals surface area contributed by atoms with Gasteiger partial charge >= 0.3 is 6.03 Å². The lowest BCUT2D eigenvalue weighted by Crippen LogP contribution is -2.50. The largest absolute Gasteiger partial charge is 0.338 e. The maximum atomic E-state index is 13.7. The lowest BCUT2D eigenvalue weighted by Gasteiger charge is -2.33. The van der Waals surface area contributed by atoms with Crippen LogP contribution in [0.1, 0.15) is 37.0 Å². The zero-order valence-electron chi connectivity index (χ0n) is 13.7. The molecule has 0 unspecified atom stereocenters. The van der Waals surface area contributed by atoms with E-state index in [1.807, 2.05) is 13.8 Å². The predicted molar refractivity (Wildman–Crippen MR) is 86.8 cm³/mol. The Bertz CT molecular complexity index is 553. The molecule has 1 N–H and O–H groups in total. The molecule has 1 aromatic carbocycles. The standard InChI is InChI=1S/C17H24FN3O2/c1-3-20(4-2)17(23)19-13-9-11-21(12-10-13)16(22)14-7-5-6-8-15(14)18/h5-8,13H,3-4,9-12H2,1-2H3,(H,19,23). The van der Waals surface area contributed by atoms with Crippen molar-refractivity contribution in [3.05, 3.63) is 35.6 Å². The van der Waals surface area contributed by atoms with Crippen LogP contribution in [0.3, 0.4) is 0 Å². The third kappa shape index (κ3) is 4.21. The fourth-order valence-electron chi connectivity index (χ4n) is 2.81. The van der Waals surface area contributed by atoms with Crippen molar-refractivity contribution >= 4 is 11.9 Å². The van der Waals surface area contributed by atoms with Gasteiger partial charge in [0.25, 0.3) is 5.91 Å². The molecular formula is C17H24FN3O2.